The number of carbonyl (C=O) groups excluding carboxylic acids is 2. The van der Waals surface area contributed by atoms with Crippen molar-refractivity contribution < 1.29 is 9.59 Å². The number of rotatable bonds is 6. The van der Waals surface area contributed by atoms with Gasteiger partial charge in [0.25, 0.3) is 5.24 Å². The molecule has 1 aliphatic heterocycles. The second-order valence-corrected chi connectivity index (χ2v) is 6.04. The largest absolute Gasteiger partial charge is 0.352 e. The van der Waals surface area contributed by atoms with Gasteiger partial charge in [-0.15, -0.1) is 0 Å². The smallest absolute Gasteiger partial charge is 0.281 e. The molecule has 9 heteroatoms. The van der Waals surface area contributed by atoms with Gasteiger partial charge in [-0.3, -0.25) is 9.59 Å². The van der Waals surface area contributed by atoms with Crippen LogP contribution in [0.4, 0.5) is 4.79 Å². The van der Waals surface area contributed by atoms with Crippen molar-refractivity contribution >= 4 is 22.9 Å². The summed E-state index contributed by atoms with van der Waals surface area (Å²) in [7, 11) is 0. The van der Waals surface area contributed by atoms with Gasteiger partial charge < -0.3 is 10.2 Å². The van der Waals surface area contributed by atoms with Crippen LogP contribution in [0.15, 0.2) is 31.0 Å². The van der Waals surface area contributed by atoms with Gasteiger partial charge in [0.2, 0.25) is 5.91 Å². The monoisotopic (exact) mass is 332 g/mol. The van der Waals surface area contributed by atoms with Gasteiger partial charge in [0.05, 0.1) is 0 Å². The number of aromatic nitrogens is 4. The third-order valence-electron chi connectivity index (χ3n) is 3.41. The summed E-state index contributed by atoms with van der Waals surface area (Å²) in [4.78, 5) is 33.1. The Morgan fingerprint density at radius 3 is 2.96 bits per heavy atom. The van der Waals surface area contributed by atoms with Crippen LogP contribution in [0.2, 0.25) is 0 Å². The fourth-order valence-corrected chi connectivity index (χ4v) is 2.99. The normalized spacial score (nSPS) is 14.3. The van der Waals surface area contributed by atoms with E-state index in [1.807, 2.05) is 12.1 Å². The third-order valence-corrected chi connectivity index (χ3v) is 4.30. The highest BCUT2D eigenvalue weighted by molar-refractivity contribution is 8.13. The zero-order valence-corrected chi connectivity index (χ0v) is 13.2. The van der Waals surface area contributed by atoms with Crippen LogP contribution >= 0.6 is 11.8 Å². The Balaban J connectivity index is 1.44. The number of carbonyl (C=O) groups is 2. The minimum absolute atomic E-state index is 0.0608. The van der Waals surface area contributed by atoms with Crippen molar-refractivity contribution in [1.29, 1.82) is 0 Å². The van der Waals surface area contributed by atoms with Gasteiger partial charge in [-0.25, -0.2) is 14.6 Å². The fourth-order valence-electron chi connectivity index (χ4n) is 2.14. The lowest BCUT2D eigenvalue weighted by Crippen LogP contribution is -2.30. The maximum absolute atomic E-state index is 11.8. The first-order valence-corrected chi connectivity index (χ1v) is 8.19. The van der Waals surface area contributed by atoms with E-state index in [1.54, 1.807) is 22.1 Å². The molecule has 3 rings (SSSR count). The first kappa shape index (κ1) is 15.5. The highest BCUT2D eigenvalue weighted by Gasteiger charge is 2.21. The minimum Gasteiger partial charge on any atom is -0.352 e. The molecule has 1 aliphatic rings. The molecular formula is C14H16N6O2S. The molecule has 0 radical (unpaired) electrons. The van der Waals surface area contributed by atoms with Crippen LogP contribution in [0.25, 0.3) is 5.82 Å². The molecule has 120 valence electrons. The van der Waals surface area contributed by atoms with Gasteiger partial charge in [0, 0.05) is 38.0 Å². The number of nitrogens with zero attached hydrogens (tertiary/aromatic N) is 5. The molecule has 2 amide bonds. The summed E-state index contributed by atoms with van der Waals surface area (Å²) in [6.07, 6.45) is 5.02. The van der Waals surface area contributed by atoms with Gasteiger partial charge in [0.15, 0.2) is 5.82 Å². The lowest BCUT2D eigenvalue weighted by atomic mass is 10.2. The number of amides is 2. The molecule has 1 N–H and O–H groups in total. The molecule has 23 heavy (non-hydrogen) atoms. The SMILES string of the molecule is O=C(CCN1CCSC1=O)NCc1ccc(-n2cncn2)nc1. The lowest BCUT2D eigenvalue weighted by Gasteiger charge is -2.13. The first-order valence-electron chi connectivity index (χ1n) is 7.21. The standard InChI is InChI=1S/C14H16N6O2S/c21-13(3-4-19-5-6-23-14(19)22)17-8-11-1-2-12(16-7-11)20-10-15-9-18-20/h1-2,7,9-10H,3-6,8H2,(H,17,21). The summed E-state index contributed by atoms with van der Waals surface area (Å²) < 4.78 is 1.56. The molecule has 1 saturated heterocycles. The van der Waals surface area contributed by atoms with Crippen molar-refractivity contribution in [3.8, 4) is 5.82 Å². The van der Waals surface area contributed by atoms with Crippen molar-refractivity contribution in [3.05, 3.63) is 36.5 Å². The van der Waals surface area contributed by atoms with E-state index < -0.39 is 0 Å². The molecule has 0 saturated carbocycles. The number of hydrogen-bond donors (Lipinski definition) is 1. The summed E-state index contributed by atoms with van der Waals surface area (Å²) in [5.41, 5.74) is 0.898. The van der Waals surface area contributed by atoms with E-state index in [4.69, 9.17) is 0 Å². The van der Waals surface area contributed by atoms with Crippen molar-refractivity contribution in [1.82, 2.24) is 30.0 Å². The molecule has 0 bridgehead atoms. The predicted octanol–water partition coefficient (Wildman–Crippen LogP) is 0.837. The zero-order valence-electron chi connectivity index (χ0n) is 12.4. The number of hydrogen-bond acceptors (Lipinski definition) is 6. The van der Waals surface area contributed by atoms with E-state index in [0.717, 1.165) is 17.9 Å². The molecule has 8 nitrogen and oxygen atoms in total. The Hall–Kier alpha value is -2.42. The molecule has 3 heterocycles. The van der Waals surface area contributed by atoms with E-state index in [1.165, 1.54) is 18.1 Å². The molecule has 2 aromatic heterocycles. The third kappa shape index (κ3) is 4.07. The van der Waals surface area contributed by atoms with Crippen molar-refractivity contribution in [3.63, 3.8) is 0 Å². The Labute approximate surface area is 137 Å². The Kier molecular flexibility index (Phi) is 4.86. The minimum atomic E-state index is -0.0740. The van der Waals surface area contributed by atoms with Crippen LogP contribution in [-0.4, -0.2) is 54.6 Å². The fraction of sp³-hybridized carbons (Fsp3) is 0.357. The highest BCUT2D eigenvalue weighted by Crippen LogP contribution is 2.16. The second kappa shape index (κ2) is 7.23. The summed E-state index contributed by atoms with van der Waals surface area (Å²) in [5, 5.41) is 6.89. The molecule has 0 aromatic carbocycles. The first-order chi connectivity index (χ1) is 11.2. The van der Waals surface area contributed by atoms with E-state index in [-0.39, 0.29) is 11.1 Å². The highest BCUT2D eigenvalue weighted by atomic mass is 32.2. The Morgan fingerprint density at radius 1 is 1.39 bits per heavy atom. The molecule has 0 atom stereocenters. The molecule has 0 spiro atoms. The zero-order chi connectivity index (χ0) is 16.1. The van der Waals surface area contributed by atoms with Crippen molar-refractivity contribution in [2.45, 2.75) is 13.0 Å². The molecule has 0 unspecified atom stereocenters. The maximum atomic E-state index is 11.8. The van der Waals surface area contributed by atoms with Gasteiger partial charge in [-0.2, -0.15) is 5.10 Å². The predicted molar refractivity (Wildman–Crippen MR) is 85.0 cm³/mol. The quantitative estimate of drug-likeness (QED) is 0.842. The number of nitrogens with one attached hydrogen (secondary N) is 1. The van der Waals surface area contributed by atoms with Gasteiger partial charge in [-0.1, -0.05) is 17.8 Å². The molecule has 2 aromatic rings. The topological polar surface area (TPSA) is 93.0 Å². The maximum Gasteiger partial charge on any atom is 0.281 e. The lowest BCUT2D eigenvalue weighted by molar-refractivity contribution is -0.121. The summed E-state index contributed by atoms with van der Waals surface area (Å²) >= 11 is 1.30. The summed E-state index contributed by atoms with van der Waals surface area (Å²) in [5.74, 6) is 1.40. The van der Waals surface area contributed by atoms with Gasteiger partial charge >= 0.3 is 0 Å². The van der Waals surface area contributed by atoms with Gasteiger partial charge in [-0.05, 0) is 11.6 Å². The van der Waals surface area contributed by atoms with Crippen LogP contribution in [0.5, 0.6) is 0 Å². The van der Waals surface area contributed by atoms with Crippen LogP contribution < -0.4 is 5.32 Å². The van der Waals surface area contributed by atoms with Crippen molar-refractivity contribution in [2.24, 2.45) is 0 Å². The molecular weight excluding hydrogens is 316 g/mol. The average molecular weight is 332 g/mol. The number of thioether (sulfide) groups is 1. The number of pyridine rings is 1. The van der Waals surface area contributed by atoms with E-state index >= 15 is 0 Å². The second-order valence-electron chi connectivity index (χ2n) is 4.99. The average Bonchev–Trinajstić information content (AvgIpc) is 3.23. The summed E-state index contributed by atoms with van der Waals surface area (Å²) in [6, 6.07) is 3.70. The van der Waals surface area contributed by atoms with E-state index in [9.17, 15) is 9.59 Å². The van der Waals surface area contributed by atoms with Crippen LogP contribution in [0, 0.1) is 0 Å². The van der Waals surface area contributed by atoms with Crippen molar-refractivity contribution in [2.75, 3.05) is 18.8 Å². The molecule has 0 aliphatic carbocycles. The van der Waals surface area contributed by atoms with Crippen LogP contribution in [0.3, 0.4) is 0 Å². The Bertz CT molecular complexity index is 673. The van der Waals surface area contributed by atoms with Crippen LogP contribution in [-0.2, 0) is 11.3 Å². The van der Waals surface area contributed by atoms with Gasteiger partial charge in [0.1, 0.15) is 12.7 Å². The Morgan fingerprint density at radius 2 is 2.30 bits per heavy atom. The summed E-state index contributed by atoms with van der Waals surface area (Å²) in [6.45, 7) is 1.61. The molecule has 1 fully saturated rings. The van der Waals surface area contributed by atoms with E-state index in [0.29, 0.717) is 25.3 Å². The van der Waals surface area contributed by atoms with E-state index in [2.05, 4.69) is 20.4 Å². The van der Waals surface area contributed by atoms with Crippen LogP contribution in [0.1, 0.15) is 12.0 Å².